The molecule has 1 aromatic carbocycles. The number of terminal acetylenes is 1. The second-order valence-electron chi connectivity index (χ2n) is 6.56. The Kier molecular flexibility index (Phi) is 8.35. The third-order valence-electron chi connectivity index (χ3n) is 4.36. The number of carbonyl (C=O) groups is 2. The van der Waals surface area contributed by atoms with Gasteiger partial charge in [-0.25, -0.2) is 4.68 Å². The van der Waals surface area contributed by atoms with Crippen LogP contribution in [0.5, 0.6) is 5.88 Å². The first-order valence-electron chi connectivity index (χ1n) is 9.45. The third kappa shape index (κ3) is 5.63. The van der Waals surface area contributed by atoms with Crippen molar-refractivity contribution in [1.82, 2.24) is 19.7 Å². The molecule has 0 bridgehead atoms. The van der Waals surface area contributed by atoms with Crippen molar-refractivity contribution >= 4 is 23.4 Å². The molecule has 0 saturated carbocycles. The first-order valence-corrected chi connectivity index (χ1v) is 9.45. The van der Waals surface area contributed by atoms with Crippen LogP contribution in [0.15, 0.2) is 36.4 Å². The molecule has 9 heteroatoms. The van der Waals surface area contributed by atoms with Gasteiger partial charge in [0, 0.05) is 31.6 Å². The lowest BCUT2D eigenvalue weighted by atomic mass is 10.1. The number of methoxy groups -OCH3 is 1. The van der Waals surface area contributed by atoms with Crippen LogP contribution in [0.1, 0.15) is 22.5 Å². The molecule has 0 unspecified atom stereocenters. The molecule has 1 atom stereocenters. The summed E-state index contributed by atoms with van der Waals surface area (Å²) < 4.78 is 6.67. The number of aromatic nitrogens is 3. The van der Waals surface area contributed by atoms with Crippen molar-refractivity contribution in [3.63, 3.8) is 0 Å². The molecular formula is C23H23N5O4. The van der Waals surface area contributed by atoms with Crippen LogP contribution in [0.4, 0.5) is 0 Å². The summed E-state index contributed by atoms with van der Waals surface area (Å²) in [7, 11) is 3.13. The Morgan fingerprint density at radius 1 is 1.38 bits per heavy atom. The van der Waals surface area contributed by atoms with Gasteiger partial charge in [0.05, 0.1) is 18.2 Å². The van der Waals surface area contributed by atoms with Crippen LogP contribution < -0.4 is 10.5 Å². The van der Waals surface area contributed by atoms with Crippen LogP contribution in [-0.4, -0.2) is 63.9 Å². The molecule has 0 spiro atoms. The van der Waals surface area contributed by atoms with Gasteiger partial charge >= 0.3 is 0 Å². The number of hydrogen-bond acceptors (Lipinski definition) is 6. The first-order chi connectivity index (χ1) is 15.4. The van der Waals surface area contributed by atoms with Crippen molar-refractivity contribution in [2.75, 3.05) is 20.7 Å². The number of carbonyl (C=O) groups excluding carboxylic acids is 2. The molecule has 3 aromatic rings. The zero-order chi connectivity index (χ0) is 23.7. The van der Waals surface area contributed by atoms with Crippen LogP contribution in [0.25, 0.3) is 16.7 Å². The Bertz CT molecular complexity index is 1190. The van der Waals surface area contributed by atoms with Gasteiger partial charge < -0.3 is 20.5 Å². The van der Waals surface area contributed by atoms with Gasteiger partial charge in [0.1, 0.15) is 6.10 Å². The van der Waals surface area contributed by atoms with Crippen LogP contribution in [0, 0.1) is 24.7 Å². The van der Waals surface area contributed by atoms with Gasteiger partial charge in [-0.15, -0.1) is 12.8 Å². The standard InChI is InChI=1S/C21H21N5O4.C2H2/c1-25(13-27)11-10-16(28)7-6-14-4-3-5-15(12-14)26-21-17(19(24-26)20(22)29)8-9-18(23-21)30-2;1-2/h3-5,8-9,12-13,16,28H,10-11H2,1-2H3,(H2,22,29);1-2H/t16-;/m0./s1. The van der Waals surface area contributed by atoms with Crippen molar-refractivity contribution < 1.29 is 19.4 Å². The van der Waals surface area contributed by atoms with Gasteiger partial charge in [0.25, 0.3) is 5.91 Å². The topological polar surface area (TPSA) is 124 Å². The maximum absolute atomic E-state index is 11.8. The van der Waals surface area contributed by atoms with Gasteiger partial charge in [-0.2, -0.15) is 10.1 Å². The summed E-state index contributed by atoms with van der Waals surface area (Å²) in [4.78, 5) is 28.2. The lowest BCUT2D eigenvalue weighted by Gasteiger charge is -2.10. The molecule has 2 aromatic heterocycles. The highest BCUT2D eigenvalue weighted by Gasteiger charge is 2.18. The van der Waals surface area contributed by atoms with E-state index in [9.17, 15) is 14.7 Å². The van der Waals surface area contributed by atoms with E-state index in [-0.39, 0.29) is 5.69 Å². The van der Waals surface area contributed by atoms with Gasteiger partial charge in [-0.1, -0.05) is 17.9 Å². The van der Waals surface area contributed by atoms with Crippen LogP contribution >= 0.6 is 0 Å². The van der Waals surface area contributed by atoms with Crippen molar-refractivity contribution in [1.29, 1.82) is 0 Å². The lowest BCUT2D eigenvalue weighted by Crippen LogP contribution is -2.21. The SMILES string of the molecule is C#C.COc1ccc2c(C(N)=O)nn(-c3cccc(C#C[C@H](O)CCN(C)C=O)c3)c2n1. The third-order valence-corrected chi connectivity index (χ3v) is 4.36. The van der Waals surface area contributed by atoms with Gasteiger partial charge in [-0.05, 0) is 24.3 Å². The Hall–Kier alpha value is -4.34. The Morgan fingerprint density at radius 2 is 2.12 bits per heavy atom. The Balaban J connectivity index is 0.00000176. The van der Waals surface area contributed by atoms with Gasteiger partial charge in [-0.3, -0.25) is 9.59 Å². The van der Waals surface area contributed by atoms with Crippen LogP contribution in [0.2, 0.25) is 0 Å². The minimum Gasteiger partial charge on any atom is -0.481 e. The second kappa shape index (κ2) is 11.2. The lowest BCUT2D eigenvalue weighted by molar-refractivity contribution is -0.117. The van der Waals surface area contributed by atoms with E-state index < -0.39 is 12.0 Å². The summed E-state index contributed by atoms with van der Waals surface area (Å²) >= 11 is 0. The summed E-state index contributed by atoms with van der Waals surface area (Å²) in [5, 5.41) is 14.8. The molecule has 0 aliphatic heterocycles. The molecule has 3 rings (SSSR count). The van der Waals surface area contributed by atoms with Crippen molar-refractivity contribution in [2.45, 2.75) is 12.5 Å². The zero-order valence-corrected chi connectivity index (χ0v) is 17.7. The normalized spacial score (nSPS) is 10.8. The van der Waals surface area contributed by atoms with E-state index in [1.165, 1.54) is 16.7 Å². The molecule has 0 radical (unpaired) electrons. The van der Waals surface area contributed by atoms with Crippen molar-refractivity contribution in [3.05, 3.63) is 47.7 Å². The van der Waals surface area contributed by atoms with E-state index >= 15 is 0 Å². The maximum atomic E-state index is 11.8. The number of nitrogens with two attached hydrogens (primary N) is 1. The molecule has 9 nitrogen and oxygen atoms in total. The minimum atomic E-state index is -0.867. The summed E-state index contributed by atoms with van der Waals surface area (Å²) in [6.07, 6.45) is 8.17. The molecule has 2 amide bonds. The van der Waals surface area contributed by atoms with Gasteiger partial charge in [0.15, 0.2) is 11.3 Å². The fourth-order valence-electron chi connectivity index (χ4n) is 2.79. The molecule has 3 N–H and O–H groups in total. The average molecular weight is 433 g/mol. The molecule has 0 aliphatic rings. The van der Waals surface area contributed by atoms with E-state index in [2.05, 4.69) is 34.8 Å². The summed E-state index contributed by atoms with van der Waals surface area (Å²) in [6.45, 7) is 0.405. The Labute approximate surface area is 185 Å². The van der Waals surface area contributed by atoms with Crippen LogP contribution in [-0.2, 0) is 4.79 Å². The number of primary amides is 1. The molecule has 164 valence electrons. The van der Waals surface area contributed by atoms with E-state index in [0.29, 0.717) is 47.5 Å². The summed E-state index contributed by atoms with van der Waals surface area (Å²) in [6, 6.07) is 10.4. The maximum Gasteiger partial charge on any atom is 0.269 e. The molecule has 0 aliphatic carbocycles. The number of amides is 2. The number of aliphatic hydroxyl groups excluding tert-OH is 1. The van der Waals surface area contributed by atoms with Crippen molar-refractivity contribution in [3.8, 4) is 36.3 Å². The predicted molar refractivity (Wildman–Crippen MR) is 120 cm³/mol. The average Bonchev–Trinajstić information content (AvgIpc) is 3.21. The second-order valence-corrected chi connectivity index (χ2v) is 6.56. The number of nitrogens with zero attached hydrogens (tertiary/aromatic N) is 4. The van der Waals surface area contributed by atoms with Crippen molar-refractivity contribution in [2.24, 2.45) is 5.73 Å². The highest BCUT2D eigenvalue weighted by Crippen LogP contribution is 2.23. The summed E-state index contributed by atoms with van der Waals surface area (Å²) in [5.74, 6) is 5.38. The van der Waals surface area contributed by atoms with E-state index in [1.54, 1.807) is 43.4 Å². The number of aliphatic hydroxyl groups is 1. The fourth-order valence-corrected chi connectivity index (χ4v) is 2.79. The molecule has 0 saturated heterocycles. The smallest absolute Gasteiger partial charge is 0.269 e. The first kappa shape index (κ1) is 23.9. The van der Waals surface area contributed by atoms with Crippen LogP contribution in [0.3, 0.4) is 0 Å². The monoisotopic (exact) mass is 433 g/mol. The minimum absolute atomic E-state index is 0.103. The molecule has 2 heterocycles. The number of pyridine rings is 1. The number of fused-ring (bicyclic) bond motifs is 1. The molecule has 32 heavy (non-hydrogen) atoms. The highest BCUT2D eigenvalue weighted by atomic mass is 16.5. The number of benzene rings is 1. The van der Waals surface area contributed by atoms with E-state index in [1.807, 2.05) is 0 Å². The summed E-state index contributed by atoms with van der Waals surface area (Å²) in [5.41, 5.74) is 7.25. The van der Waals surface area contributed by atoms with E-state index in [4.69, 9.17) is 10.5 Å². The Morgan fingerprint density at radius 3 is 2.78 bits per heavy atom. The van der Waals surface area contributed by atoms with E-state index in [0.717, 1.165) is 0 Å². The fraction of sp³-hybridized carbons (Fsp3) is 0.217. The number of hydrogen-bond donors (Lipinski definition) is 2. The number of ether oxygens (including phenoxy) is 1. The molecule has 0 fully saturated rings. The zero-order valence-electron chi connectivity index (χ0n) is 17.7. The predicted octanol–water partition coefficient (Wildman–Crippen LogP) is 0.968. The number of rotatable bonds is 7. The highest BCUT2D eigenvalue weighted by molar-refractivity contribution is 6.03. The largest absolute Gasteiger partial charge is 0.481 e. The van der Waals surface area contributed by atoms with Gasteiger partial charge in [0.2, 0.25) is 12.3 Å². The quantitative estimate of drug-likeness (QED) is 0.423. The molecular weight excluding hydrogens is 410 g/mol.